The Hall–Kier alpha value is -0.820. The number of fused-ring (bicyclic) bond motifs is 1. The highest BCUT2D eigenvalue weighted by molar-refractivity contribution is 5.19. The van der Waals surface area contributed by atoms with Crippen LogP contribution in [-0.4, -0.2) is 12.1 Å². The van der Waals surface area contributed by atoms with E-state index in [9.17, 15) is 0 Å². The van der Waals surface area contributed by atoms with E-state index in [4.69, 9.17) is 0 Å². The predicted molar refractivity (Wildman–Crippen MR) is 81.2 cm³/mol. The molecule has 2 aliphatic rings. The number of nitrogens with one attached hydrogen (secondary N) is 1. The van der Waals surface area contributed by atoms with Crippen molar-refractivity contribution in [3.8, 4) is 0 Å². The zero-order valence-electron chi connectivity index (χ0n) is 12.6. The van der Waals surface area contributed by atoms with Gasteiger partial charge in [0.25, 0.3) is 0 Å². The van der Waals surface area contributed by atoms with Crippen LogP contribution in [0.1, 0.15) is 45.6 Å². The van der Waals surface area contributed by atoms with Crippen molar-refractivity contribution in [1.82, 2.24) is 5.32 Å². The van der Waals surface area contributed by atoms with Gasteiger partial charge in [0.2, 0.25) is 0 Å². The van der Waals surface area contributed by atoms with Crippen molar-refractivity contribution in [2.45, 2.75) is 52.0 Å². The first-order valence-electron chi connectivity index (χ1n) is 7.75. The predicted octanol–water partition coefficient (Wildman–Crippen LogP) is 4.03. The summed E-state index contributed by atoms with van der Waals surface area (Å²) in [4.78, 5) is 0. The first kappa shape index (κ1) is 13.2. The van der Waals surface area contributed by atoms with Crippen LogP contribution in [0.15, 0.2) is 30.3 Å². The zero-order valence-corrected chi connectivity index (χ0v) is 12.6. The molecular formula is C18H27N. The van der Waals surface area contributed by atoms with Crippen molar-refractivity contribution in [2.24, 2.45) is 17.3 Å². The van der Waals surface area contributed by atoms with Gasteiger partial charge in [-0.15, -0.1) is 0 Å². The van der Waals surface area contributed by atoms with Gasteiger partial charge in [0, 0.05) is 12.1 Å². The van der Waals surface area contributed by atoms with Crippen molar-refractivity contribution in [3.05, 3.63) is 35.9 Å². The molecule has 1 heteroatoms. The summed E-state index contributed by atoms with van der Waals surface area (Å²) >= 11 is 0. The average Bonchev–Trinajstić information content (AvgIpc) is 2.96. The molecule has 3 rings (SSSR count). The molecule has 0 bridgehead atoms. The molecule has 0 heterocycles. The Balaban J connectivity index is 1.70. The maximum Gasteiger partial charge on any atom is 0.00967 e. The smallest absolute Gasteiger partial charge is 0.00967 e. The molecule has 104 valence electrons. The maximum atomic E-state index is 3.77. The summed E-state index contributed by atoms with van der Waals surface area (Å²) < 4.78 is 0. The molecule has 0 spiro atoms. The van der Waals surface area contributed by atoms with Crippen LogP contribution in [0.2, 0.25) is 0 Å². The van der Waals surface area contributed by atoms with E-state index in [1.807, 2.05) is 0 Å². The lowest BCUT2D eigenvalue weighted by atomic mass is 9.77. The van der Waals surface area contributed by atoms with Gasteiger partial charge in [-0.1, -0.05) is 30.3 Å². The average molecular weight is 257 g/mol. The first-order valence-corrected chi connectivity index (χ1v) is 7.75. The van der Waals surface area contributed by atoms with Crippen molar-refractivity contribution < 1.29 is 0 Å². The van der Waals surface area contributed by atoms with Gasteiger partial charge >= 0.3 is 0 Å². The molecule has 0 saturated heterocycles. The summed E-state index contributed by atoms with van der Waals surface area (Å²) in [5.74, 6) is 2.09. The van der Waals surface area contributed by atoms with Gasteiger partial charge in [0.05, 0.1) is 0 Å². The first-order chi connectivity index (χ1) is 8.96. The standard InChI is InChI=1S/C18H27N/c1-17(2,3)19-13-18(11-15-9-16(15)12-18)10-14-7-5-4-6-8-14/h4-8,15-16,19H,9-13H2,1-3H3. The third-order valence-electron chi connectivity index (χ3n) is 4.88. The summed E-state index contributed by atoms with van der Waals surface area (Å²) in [6, 6.07) is 11.1. The highest BCUT2D eigenvalue weighted by atomic mass is 15.0. The second kappa shape index (κ2) is 4.63. The van der Waals surface area contributed by atoms with E-state index in [0.29, 0.717) is 5.41 Å². The molecule has 0 aliphatic heterocycles. The lowest BCUT2D eigenvalue weighted by Gasteiger charge is -2.35. The monoisotopic (exact) mass is 257 g/mol. The summed E-state index contributed by atoms with van der Waals surface area (Å²) in [7, 11) is 0. The van der Waals surface area contributed by atoms with Gasteiger partial charge in [0.15, 0.2) is 0 Å². The second-order valence-electron chi connectivity index (χ2n) is 7.93. The molecule has 1 aromatic carbocycles. The lowest BCUT2D eigenvalue weighted by molar-refractivity contribution is 0.222. The van der Waals surface area contributed by atoms with Crippen molar-refractivity contribution in [2.75, 3.05) is 6.54 Å². The number of hydrogen-bond acceptors (Lipinski definition) is 1. The van der Waals surface area contributed by atoms with Crippen LogP contribution < -0.4 is 5.32 Å². The fourth-order valence-electron chi connectivity index (χ4n) is 3.84. The Labute approximate surface area is 117 Å². The second-order valence-corrected chi connectivity index (χ2v) is 7.93. The van der Waals surface area contributed by atoms with Crippen molar-refractivity contribution in [3.63, 3.8) is 0 Å². The van der Waals surface area contributed by atoms with Crippen LogP contribution in [0, 0.1) is 17.3 Å². The Morgan fingerprint density at radius 1 is 1.11 bits per heavy atom. The molecule has 2 unspecified atom stereocenters. The van der Waals surface area contributed by atoms with Crippen molar-refractivity contribution in [1.29, 1.82) is 0 Å². The summed E-state index contributed by atoms with van der Waals surface area (Å²) in [5.41, 5.74) is 2.26. The van der Waals surface area contributed by atoms with E-state index in [0.717, 1.165) is 11.8 Å². The molecule has 0 radical (unpaired) electrons. The third kappa shape index (κ3) is 3.20. The van der Waals surface area contributed by atoms with Crippen LogP contribution in [0.25, 0.3) is 0 Å². The molecule has 19 heavy (non-hydrogen) atoms. The third-order valence-corrected chi connectivity index (χ3v) is 4.88. The number of benzene rings is 1. The van der Waals surface area contributed by atoms with Crippen LogP contribution in [-0.2, 0) is 6.42 Å². The number of hydrogen-bond donors (Lipinski definition) is 1. The normalized spacial score (nSPS) is 33.2. The molecular weight excluding hydrogens is 230 g/mol. The molecule has 2 atom stereocenters. The Morgan fingerprint density at radius 3 is 2.32 bits per heavy atom. The lowest BCUT2D eigenvalue weighted by Crippen LogP contribution is -2.44. The SMILES string of the molecule is CC(C)(C)NCC1(Cc2ccccc2)CC2CC2C1. The van der Waals surface area contributed by atoms with Crippen LogP contribution in [0.3, 0.4) is 0 Å². The highest BCUT2D eigenvalue weighted by Crippen LogP contribution is 2.60. The summed E-state index contributed by atoms with van der Waals surface area (Å²) in [6.45, 7) is 8.01. The van der Waals surface area contributed by atoms with Gasteiger partial charge < -0.3 is 5.32 Å². The Kier molecular flexibility index (Phi) is 3.21. The molecule has 1 aromatic rings. The minimum Gasteiger partial charge on any atom is -0.312 e. The summed E-state index contributed by atoms with van der Waals surface area (Å²) in [5, 5.41) is 3.77. The van der Waals surface area contributed by atoms with E-state index in [1.165, 1.54) is 37.8 Å². The zero-order chi connectivity index (χ0) is 13.5. The topological polar surface area (TPSA) is 12.0 Å². The quantitative estimate of drug-likeness (QED) is 0.858. The van der Waals surface area contributed by atoms with Crippen LogP contribution >= 0.6 is 0 Å². The summed E-state index contributed by atoms with van der Waals surface area (Å²) in [6.07, 6.45) is 5.64. The maximum absolute atomic E-state index is 3.77. The van der Waals surface area contributed by atoms with Gasteiger partial charge in [-0.05, 0) is 69.3 Å². The molecule has 2 aliphatic carbocycles. The Morgan fingerprint density at radius 2 is 1.74 bits per heavy atom. The van der Waals surface area contributed by atoms with E-state index in [2.05, 4.69) is 56.4 Å². The minimum absolute atomic E-state index is 0.233. The fourth-order valence-corrected chi connectivity index (χ4v) is 3.84. The van der Waals surface area contributed by atoms with Crippen LogP contribution in [0.4, 0.5) is 0 Å². The van der Waals surface area contributed by atoms with E-state index in [-0.39, 0.29) is 5.54 Å². The largest absolute Gasteiger partial charge is 0.312 e. The van der Waals surface area contributed by atoms with Gasteiger partial charge in [-0.25, -0.2) is 0 Å². The van der Waals surface area contributed by atoms with Crippen LogP contribution in [0.5, 0.6) is 0 Å². The molecule has 1 nitrogen and oxygen atoms in total. The van der Waals surface area contributed by atoms with E-state index >= 15 is 0 Å². The van der Waals surface area contributed by atoms with Gasteiger partial charge in [-0.3, -0.25) is 0 Å². The molecule has 0 amide bonds. The molecule has 2 saturated carbocycles. The molecule has 1 N–H and O–H groups in total. The van der Waals surface area contributed by atoms with E-state index < -0.39 is 0 Å². The number of rotatable bonds is 4. The fraction of sp³-hybridized carbons (Fsp3) is 0.667. The molecule has 0 aromatic heterocycles. The van der Waals surface area contributed by atoms with Crippen molar-refractivity contribution >= 4 is 0 Å². The molecule has 2 fully saturated rings. The van der Waals surface area contributed by atoms with Gasteiger partial charge in [-0.2, -0.15) is 0 Å². The van der Waals surface area contributed by atoms with E-state index in [1.54, 1.807) is 0 Å². The Bertz CT molecular complexity index is 419. The minimum atomic E-state index is 0.233. The van der Waals surface area contributed by atoms with Gasteiger partial charge in [0.1, 0.15) is 0 Å². The highest BCUT2D eigenvalue weighted by Gasteiger charge is 2.53.